The van der Waals surface area contributed by atoms with Crippen molar-refractivity contribution in [2.75, 3.05) is 13.4 Å². The molecule has 0 radical (unpaired) electrons. The van der Waals surface area contributed by atoms with Gasteiger partial charge in [-0.3, -0.25) is 0 Å². The maximum Gasteiger partial charge on any atom is 0.233 e. The van der Waals surface area contributed by atoms with Crippen molar-refractivity contribution >= 4 is 5.70 Å². The van der Waals surface area contributed by atoms with Gasteiger partial charge in [0.05, 0.1) is 12.3 Å². The highest BCUT2D eigenvalue weighted by Gasteiger charge is 2.17. The second kappa shape index (κ2) is 5.97. The largest absolute Gasteiger partial charge is 0.477 e. The molecule has 5 nitrogen and oxygen atoms in total. The molecule has 22 heavy (non-hydrogen) atoms. The Balaban J connectivity index is 2.08. The van der Waals surface area contributed by atoms with Gasteiger partial charge in [0.25, 0.3) is 0 Å². The molecule has 0 fully saturated rings. The number of allylic oxidation sites excluding steroid dienone is 3. The third-order valence-electron chi connectivity index (χ3n) is 3.34. The number of nitrogens with zero attached hydrogens (tertiary/aromatic N) is 2. The Morgan fingerprint density at radius 3 is 2.95 bits per heavy atom. The summed E-state index contributed by atoms with van der Waals surface area (Å²) < 4.78 is 18.2. The highest BCUT2D eigenvalue weighted by atomic mass is 16.7. The van der Waals surface area contributed by atoms with Crippen molar-refractivity contribution in [2.24, 2.45) is 0 Å². The normalized spacial score (nSPS) is 13.3. The van der Waals surface area contributed by atoms with E-state index in [0.717, 1.165) is 28.5 Å². The summed E-state index contributed by atoms with van der Waals surface area (Å²) in [6.45, 7) is 8.48. The molecule has 1 aromatic heterocycles. The first-order chi connectivity index (χ1) is 10.7. The zero-order chi connectivity index (χ0) is 15.5. The van der Waals surface area contributed by atoms with E-state index in [1.807, 2.05) is 48.9 Å². The van der Waals surface area contributed by atoms with Gasteiger partial charge in [0, 0.05) is 17.3 Å². The van der Waals surface area contributed by atoms with E-state index < -0.39 is 0 Å². The summed E-state index contributed by atoms with van der Waals surface area (Å²) in [5.41, 5.74) is 2.87. The summed E-state index contributed by atoms with van der Waals surface area (Å²) in [7, 11) is 0. The second-order valence-corrected chi connectivity index (χ2v) is 4.82. The Morgan fingerprint density at radius 2 is 2.18 bits per heavy atom. The Morgan fingerprint density at radius 1 is 1.36 bits per heavy atom. The molecule has 0 spiro atoms. The molecule has 1 aliphatic rings. The van der Waals surface area contributed by atoms with Gasteiger partial charge in [0.1, 0.15) is 0 Å². The van der Waals surface area contributed by atoms with Crippen LogP contribution in [-0.4, -0.2) is 23.2 Å². The fraction of sp³-hybridized carbons (Fsp3) is 0.235. The van der Waals surface area contributed by atoms with Crippen LogP contribution >= 0.6 is 0 Å². The standard InChI is InChI=1S/C17H18N2O3/c1-4-6-12(3)19-14(10-17(18-19)20-5-2)13-7-8-15-16(9-13)22-11-21-15/h4,6-10H,1,5,11H2,2-3H3/b12-6+. The lowest BCUT2D eigenvalue weighted by molar-refractivity contribution is 0.174. The Hall–Kier alpha value is -2.69. The van der Waals surface area contributed by atoms with E-state index in [9.17, 15) is 0 Å². The van der Waals surface area contributed by atoms with E-state index in [4.69, 9.17) is 14.2 Å². The third-order valence-corrected chi connectivity index (χ3v) is 3.34. The average Bonchev–Trinajstić information content (AvgIpc) is 3.13. The van der Waals surface area contributed by atoms with Gasteiger partial charge < -0.3 is 14.2 Å². The van der Waals surface area contributed by atoms with E-state index in [1.165, 1.54) is 0 Å². The molecule has 0 atom stereocenters. The summed E-state index contributed by atoms with van der Waals surface area (Å²) in [5.74, 6) is 2.10. The zero-order valence-electron chi connectivity index (χ0n) is 12.7. The summed E-state index contributed by atoms with van der Waals surface area (Å²) in [5, 5.41) is 4.49. The van der Waals surface area contributed by atoms with Crippen molar-refractivity contribution in [3.05, 3.63) is 43.0 Å². The van der Waals surface area contributed by atoms with Crippen molar-refractivity contribution in [2.45, 2.75) is 13.8 Å². The number of rotatable bonds is 5. The molecule has 0 saturated carbocycles. The Kier molecular flexibility index (Phi) is 3.87. The van der Waals surface area contributed by atoms with Crippen LogP contribution in [0.5, 0.6) is 17.4 Å². The highest BCUT2D eigenvalue weighted by molar-refractivity contribution is 5.69. The van der Waals surface area contributed by atoms with Crippen LogP contribution in [0, 0.1) is 0 Å². The highest BCUT2D eigenvalue weighted by Crippen LogP contribution is 2.37. The van der Waals surface area contributed by atoms with Crippen molar-refractivity contribution < 1.29 is 14.2 Å². The Labute approximate surface area is 129 Å². The maximum absolute atomic E-state index is 5.53. The van der Waals surface area contributed by atoms with Crippen LogP contribution in [0.25, 0.3) is 17.0 Å². The van der Waals surface area contributed by atoms with Crippen LogP contribution in [0.2, 0.25) is 0 Å². The smallest absolute Gasteiger partial charge is 0.233 e. The average molecular weight is 298 g/mol. The monoisotopic (exact) mass is 298 g/mol. The van der Waals surface area contributed by atoms with Gasteiger partial charge in [-0.15, -0.1) is 5.10 Å². The minimum absolute atomic E-state index is 0.262. The van der Waals surface area contributed by atoms with Gasteiger partial charge in [-0.2, -0.15) is 0 Å². The van der Waals surface area contributed by atoms with Crippen molar-refractivity contribution in [1.29, 1.82) is 0 Å². The first-order valence-electron chi connectivity index (χ1n) is 7.15. The molecule has 1 aromatic carbocycles. The van der Waals surface area contributed by atoms with Gasteiger partial charge in [-0.05, 0) is 38.1 Å². The van der Waals surface area contributed by atoms with E-state index in [2.05, 4.69) is 11.7 Å². The fourth-order valence-corrected chi connectivity index (χ4v) is 2.35. The quantitative estimate of drug-likeness (QED) is 0.789. The predicted molar refractivity (Wildman–Crippen MR) is 85.1 cm³/mol. The molecule has 0 aliphatic carbocycles. The first-order valence-corrected chi connectivity index (χ1v) is 7.15. The SMILES string of the molecule is C=C/C=C(\C)n1nc(OCC)cc1-c1ccc2c(c1)OCO2. The van der Waals surface area contributed by atoms with Crippen LogP contribution in [0.15, 0.2) is 43.0 Å². The summed E-state index contributed by atoms with van der Waals surface area (Å²) in [4.78, 5) is 0. The van der Waals surface area contributed by atoms with Gasteiger partial charge >= 0.3 is 0 Å². The molecule has 0 N–H and O–H groups in total. The molecule has 5 heteroatoms. The third kappa shape index (κ3) is 2.57. The molecule has 114 valence electrons. The number of aromatic nitrogens is 2. The Bertz CT molecular complexity index is 732. The van der Waals surface area contributed by atoms with Crippen LogP contribution in [-0.2, 0) is 0 Å². The van der Waals surface area contributed by atoms with E-state index in [1.54, 1.807) is 6.08 Å². The zero-order valence-corrected chi connectivity index (χ0v) is 12.7. The molecule has 2 aromatic rings. The summed E-state index contributed by atoms with van der Waals surface area (Å²) in [6, 6.07) is 7.76. The van der Waals surface area contributed by atoms with Crippen LogP contribution in [0.3, 0.4) is 0 Å². The first kappa shape index (κ1) is 14.3. The van der Waals surface area contributed by atoms with Crippen LogP contribution < -0.4 is 14.2 Å². The number of hydrogen-bond donors (Lipinski definition) is 0. The van der Waals surface area contributed by atoms with Gasteiger partial charge in [0.2, 0.25) is 12.7 Å². The lowest BCUT2D eigenvalue weighted by Crippen LogP contribution is -1.99. The summed E-state index contributed by atoms with van der Waals surface area (Å²) in [6.07, 6.45) is 3.64. The maximum atomic E-state index is 5.53. The lowest BCUT2D eigenvalue weighted by atomic mass is 10.1. The van der Waals surface area contributed by atoms with Crippen LogP contribution in [0.1, 0.15) is 13.8 Å². The molecule has 0 bridgehead atoms. The number of hydrogen-bond acceptors (Lipinski definition) is 4. The lowest BCUT2D eigenvalue weighted by Gasteiger charge is -2.07. The molecule has 0 saturated heterocycles. The van der Waals surface area contributed by atoms with Crippen molar-refractivity contribution in [3.8, 4) is 28.6 Å². The van der Waals surface area contributed by atoms with Crippen molar-refractivity contribution in [1.82, 2.24) is 9.78 Å². The molecule has 0 unspecified atom stereocenters. The second-order valence-electron chi connectivity index (χ2n) is 4.82. The van der Waals surface area contributed by atoms with E-state index >= 15 is 0 Å². The van der Waals surface area contributed by atoms with Crippen molar-refractivity contribution in [3.63, 3.8) is 0 Å². The van der Waals surface area contributed by atoms with Gasteiger partial charge in [-0.25, -0.2) is 4.68 Å². The minimum Gasteiger partial charge on any atom is -0.477 e. The molecule has 0 amide bonds. The fourth-order valence-electron chi connectivity index (χ4n) is 2.35. The topological polar surface area (TPSA) is 45.5 Å². The number of fused-ring (bicyclic) bond motifs is 1. The molecule has 3 rings (SSSR count). The van der Waals surface area contributed by atoms with Gasteiger partial charge in [0.15, 0.2) is 11.5 Å². The van der Waals surface area contributed by atoms with Gasteiger partial charge in [-0.1, -0.05) is 12.7 Å². The number of ether oxygens (including phenoxy) is 3. The molecular weight excluding hydrogens is 280 g/mol. The summed E-state index contributed by atoms with van der Waals surface area (Å²) >= 11 is 0. The van der Waals surface area contributed by atoms with E-state index in [-0.39, 0.29) is 6.79 Å². The van der Waals surface area contributed by atoms with E-state index in [0.29, 0.717) is 12.5 Å². The molecule has 2 heterocycles. The number of benzene rings is 1. The minimum atomic E-state index is 0.262. The molecular formula is C17H18N2O3. The predicted octanol–water partition coefficient (Wildman–Crippen LogP) is 3.72. The molecule has 1 aliphatic heterocycles. The van der Waals surface area contributed by atoms with Crippen LogP contribution in [0.4, 0.5) is 0 Å².